The van der Waals surface area contributed by atoms with Crippen LogP contribution in [0.5, 0.6) is 5.75 Å². The SMILES string of the molecule is Cc1nn(C)c(Cl)c1CNc1ccc2c(c1)N(c1nc3c(s1)CC(C)(C)NC3=O)CCO2. The molecule has 168 valence electrons. The van der Waals surface area contributed by atoms with E-state index in [4.69, 9.17) is 21.3 Å². The van der Waals surface area contributed by atoms with E-state index in [-0.39, 0.29) is 11.4 Å². The van der Waals surface area contributed by atoms with Crippen molar-refractivity contribution in [1.29, 1.82) is 0 Å². The van der Waals surface area contributed by atoms with E-state index < -0.39 is 0 Å². The third kappa shape index (κ3) is 3.69. The lowest BCUT2D eigenvalue weighted by atomic mass is 9.95. The average Bonchev–Trinajstić information content (AvgIpc) is 3.25. The molecule has 4 heterocycles. The molecule has 1 amide bonds. The van der Waals surface area contributed by atoms with Crippen LogP contribution in [0.2, 0.25) is 5.15 Å². The van der Waals surface area contributed by atoms with E-state index in [0.717, 1.165) is 44.8 Å². The Labute approximate surface area is 195 Å². The Balaban J connectivity index is 1.43. The number of rotatable bonds is 4. The Hall–Kier alpha value is -2.78. The van der Waals surface area contributed by atoms with Crippen LogP contribution in [0.1, 0.15) is 40.5 Å². The zero-order valence-corrected chi connectivity index (χ0v) is 20.0. The summed E-state index contributed by atoms with van der Waals surface area (Å²) in [5, 5.41) is 12.3. The number of hydrogen-bond acceptors (Lipinski definition) is 7. The lowest BCUT2D eigenvalue weighted by Gasteiger charge is -2.29. The van der Waals surface area contributed by atoms with Gasteiger partial charge >= 0.3 is 0 Å². The molecule has 0 aliphatic carbocycles. The molecule has 0 saturated heterocycles. The van der Waals surface area contributed by atoms with Crippen LogP contribution in [-0.4, -0.2) is 39.4 Å². The normalized spacial score (nSPS) is 16.8. The van der Waals surface area contributed by atoms with Gasteiger partial charge in [-0.15, -0.1) is 11.3 Å². The molecule has 0 atom stereocenters. The third-order valence-corrected chi connectivity index (χ3v) is 7.30. The van der Waals surface area contributed by atoms with Gasteiger partial charge in [-0.3, -0.25) is 9.48 Å². The maximum atomic E-state index is 12.5. The molecule has 10 heteroatoms. The van der Waals surface area contributed by atoms with Crippen LogP contribution in [-0.2, 0) is 20.0 Å². The zero-order chi connectivity index (χ0) is 22.6. The van der Waals surface area contributed by atoms with E-state index in [1.54, 1.807) is 16.0 Å². The Morgan fingerprint density at radius 1 is 1.38 bits per heavy atom. The van der Waals surface area contributed by atoms with Gasteiger partial charge in [-0.05, 0) is 39.0 Å². The van der Waals surface area contributed by atoms with Crippen molar-refractivity contribution in [2.75, 3.05) is 23.4 Å². The summed E-state index contributed by atoms with van der Waals surface area (Å²) < 4.78 is 7.56. The average molecular weight is 473 g/mol. The molecule has 0 radical (unpaired) electrons. The van der Waals surface area contributed by atoms with E-state index >= 15 is 0 Å². The summed E-state index contributed by atoms with van der Waals surface area (Å²) in [6.07, 6.45) is 0.774. The highest BCUT2D eigenvalue weighted by molar-refractivity contribution is 7.16. The fourth-order valence-corrected chi connectivity index (χ4v) is 5.72. The topological polar surface area (TPSA) is 84.3 Å². The second kappa shape index (κ2) is 7.67. The predicted octanol–water partition coefficient (Wildman–Crippen LogP) is 4.05. The second-order valence-corrected chi connectivity index (χ2v) is 10.2. The van der Waals surface area contributed by atoms with Gasteiger partial charge in [0.2, 0.25) is 0 Å². The maximum Gasteiger partial charge on any atom is 0.271 e. The Kier molecular flexibility index (Phi) is 5.05. The molecule has 0 spiro atoms. The molecule has 8 nitrogen and oxygen atoms in total. The van der Waals surface area contributed by atoms with Gasteiger partial charge in [0.05, 0.1) is 17.9 Å². The van der Waals surface area contributed by atoms with Crippen LogP contribution in [0.25, 0.3) is 0 Å². The molecule has 2 N–H and O–H groups in total. The van der Waals surface area contributed by atoms with Crippen molar-refractivity contribution in [2.45, 2.75) is 39.3 Å². The number of thiazole rings is 1. The van der Waals surface area contributed by atoms with Crippen molar-refractivity contribution in [1.82, 2.24) is 20.1 Å². The van der Waals surface area contributed by atoms with E-state index in [9.17, 15) is 4.79 Å². The number of carbonyl (C=O) groups is 1. The van der Waals surface area contributed by atoms with Crippen LogP contribution < -0.4 is 20.3 Å². The first kappa shape index (κ1) is 21.1. The highest BCUT2D eigenvalue weighted by atomic mass is 35.5. The van der Waals surface area contributed by atoms with Gasteiger partial charge in [-0.25, -0.2) is 4.98 Å². The molecule has 5 rings (SSSR count). The standard InChI is InChI=1S/C22H25ClN6O2S/c1-12-14(19(23)28(4)27-12)11-24-13-5-6-16-15(9-13)29(7-8-31-16)21-25-18-17(32-21)10-22(2,3)26-20(18)30/h5-6,9,24H,7-8,10-11H2,1-4H3,(H,26,30). The number of aromatic nitrogens is 3. The second-order valence-electron chi connectivity index (χ2n) is 8.80. The number of hydrogen-bond donors (Lipinski definition) is 2. The molecule has 0 bridgehead atoms. The first-order valence-electron chi connectivity index (χ1n) is 10.5. The summed E-state index contributed by atoms with van der Waals surface area (Å²) in [6.45, 7) is 7.82. The van der Waals surface area contributed by atoms with Gasteiger partial charge in [0.1, 0.15) is 23.2 Å². The Bertz CT molecular complexity index is 1220. The molecule has 0 saturated carbocycles. The van der Waals surface area contributed by atoms with Crippen molar-refractivity contribution in [2.24, 2.45) is 7.05 Å². The van der Waals surface area contributed by atoms with E-state index in [0.29, 0.717) is 30.5 Å². The molecule has 32 heavy (non-hydrogen) atoms. The zero-order valence-electron chi connectivity index (χ0n) is 18.5. The van der Waals surface area contributed by atoms with Gasteiger partial charge in [-0.1, -0.05) is 11.6 Å². The molecule has 2 aliphatic rings. The van der Waals surface area contributed by atoms with Gasteiger partial charge in [0, 0.05) is 41.7 Å². The number of nitrogens with one attached hydrogen (secondary N) is 2. The van der Waals surface area contributed by atoms with Crippen LogP contribution in [0.3, 0.4) is 0 Å². The summed E-state index contributed by atoms with van der Waals surface area (Å²) in [5.74, 6) is 0.696. The first-order valence-corrected chi connectivity index (χ1v) is 11.7. The van der Waals surface area contributed by atoms with Crippen LogP contribution in [0.4, 0.5) is 16.5 Å². The van der Waals surface area contributed by atoms with E-state index in [2.05, 4.69) is 26.7 Å². The summed E-state index contributed by atoms with van der Waals surface area (Å²) >= 11 is 7.96. The van der Waals surface area contributed by atoms with Crippen molar-refractivity contribution >= 4 is 45.4 Å². The number of nitrogens with zero attached hydrogens (tertiary/aromatic N) is 4. The number of halogens is 1. The molecule has 0 fully saturated rings. The molecule has 2 aliphatic heterocycles. The highest BCUT2D eigenvalue weighted by Gasteiger charge is 2.34. The van der Waals surface area contributed by atoms with Crippen molar-refractivity contribution < 1.29 is 9.53 Å². The van der Waals surface area contributed by atoms with Gasteiger partial charge in [0.15, 0.2) is 5.13 Å². The molecular formula is C22H25ClN6O2S. The smallest absolute Gasteiger partial charge is 0.271 e. The predicted molar refractivity (Wildman–Crippen MR) is 127 cm³/mol. The lowest BCUT2D eigenvalue weighted by molar-refractivity contribution is 0.0893. The van der Waals surface area contributed by atoms with Crippen LogP contribution >= 0.6 is 22.9 Å². The minimum atomic E-state index is -0.264. The largest absolute Gasteiger partial charge is 0.490 e. The minimum absolute atomic E-state index is 0.105. The fourth-order valence-electron chi connectivity index (χ4n) is 4.16. The quantitative estimate of drug-likeness (QED) is 0.596. The van der Waals surface area contributed by atoms with E-state index in [1.165, 1.54) is 0 Å². The molecule has 0 unspecified atom stereocenters. The Morgan fingerprint density at radius 2 is 2.19 bits per heavy atom. The number of benzene rings is 1. The first-order chi connectivity index (χ1) is 15.2. The number of anilines is 3. The van der Waals surface area contributed by atoms with Crippen molar-refractivity contribution in [3.8, 4) is 5.75 Å². The summed E-state index contributed by atoms with van der Waals surface area (Å²) in [7, 11) is 1.84. The van der Waals surface area contributed by atoms with Gasteiger partial charge < -0.3 is 20.3 Å². The number of aryl methyl sites for hydroxylation is 2. The van der Waals surface area contributed by atoms with Crippen LogP contribution in [0, 0.1) is 6.92 Å². The van der Waals surface area contributed by atoms with Crippen molar-refractivity contribution in [3.63, 3.8) is 0 Å². The minimum Gasteiger partial charge on any atom is -0.490 e. The third-order valence-electron chi connectivity index (χ3n) is 5.75. The van der Waals surface area contributed by atoms with Gasteiger partial charge in [-0.2, -0.15) is 5.10 Å². The summed E-state index contributed by atoms with van der Waals surface area (Å²) in [4.78, 5) is 20.4. The molecule has 3 aromatic rings. The highest BCUT2D eigenvalue weighted by Crippen LogP contribution is 2.42. The molecule has 2 aromatic heterocycles. The number of fused-ring (bicyclic) bond motifs is 2. The van der Waals surface area contributed by atoms with Crippen LogP contribution in [0.15, 0.2) is 18.2 Å². The number of ether oxygens (including phenoxy) is 1. The Morgan fingerprint density at radius 3 is 2.94 bits per heavy atom. The van der Waals surface area contributed by atoms with Gasteiger partial charge in [0.25, 0.3) is 5.91 Å². The molecular weight excluding hydrogens is 448 g/mol. The summed E-state index contributed by atoms with van der Waals surface area (Å²) in [5.41, 5.74) is 4.02. The number of carbonyl (C=O) groups excluding carboxylic acids is 1. The maximum absolute atomic E-state index is 12.5. The molecule has 1 aromatic carbocycles. The lowest BCUT2D eigenvalue weighted by Crippen LogP contribution is -2.48. The summed E-state index contributed by atoms with van der Waals surface area (Å²) in [6, 6.07) is 6.01. The van der Waals surface area contributed by atoms with Crippen molar-refractivity contribution in [3.05, 3.63) is 45.2 Å². The fraction of sp³-hybridized carbons (Fsp3) is 0.409. The number of amides is 1. The monoisotopic (exact) mass is 472 g/mol. The van der Waals surface area contributed by atoms with E-state index in [1.807, 2.05) is 40.0 Å².